The van der Waals surface area contributed by atoms with Crippen LogP contribution in [0.5, 0.6) is 0 Å². The van der Waals surface area contributed by atoms with Crippen LogP contribution in [0.25, 0.3) is 28.4 Å². The minimum atomic E-state index is 0.816. The molecule has 3 heterocycles. The molecule has 5 heteroatoms. The first kappa shape index (κ1) is 10.1. The van der Waals surface area contributed by atoms with Gasteiger partial charge in [-0.1, -0.05) is 0 Å². The lowest BCUT2D eigenvalue weighted by molar-refractivity contribution is 0.981. The molecule has 0 saturated carbocycles. The summed E-state index contributed by atoms with van der Waals surface area (Å²) in [5.41, 5.74) is 2.98. The van der Waals surface area contributed by atoms with Crippen LogP contribution in [0.1, 0.15) is 0 Å². The van der Waals surface area contributed by atoms with Gasteiger partial charge in [-0.25, -0.2) is 9.97 Å². The van der Waals surface area contributed by atoms with Gasteiger partial charge in [0.05, 0.1) is 11.0 Å². The molecule has 4 rings (SSSR count). The van der Waals surface area contributed by atoms with Crippen LogP contribution in [0.2, 0.25) is 0 Å². The Morgan fingerprint density at radius 1 is 1.11 bits per heavy atom. The second-order valence-electron chi connectivity index (χ2n) is 4.32. The fourth-order valence-electron chi connectivity index (χ4n) is 2.16. The summed E-state index contributed by atoms with van der Waals surface area (Å²) in [4.78, 5) is 15.2. The van der Waals surface area contributed by atoms with Crippen molar-refractivity contribution in [2.75, 3.05) is 0 Å². The van der Waals surface area contributed by atoms with Crippen LogP contribution in [0.15, 0.2) is 55.1 Å². The van der Waals surface area contributed by atoms with Gasteiger partial charge >= 0.3 is 0 Å². The summed E-state index contributed by atoms with van der Waals surface area (Å²) < 4.78 is 1.95. The highest BCUT2D eigenvalue weighted by Gasteiger charge is 2.06. The molecule has 1 aromatic carbocycles. The first-order chi connectivity index (χ1) is 9.40. The Hall–Kier alpha value is -2.82. The summed E-state index contributed by atoms with van der Waals surface area (Å²) in [6.07, 6.45) is 7.49. The van der Waals surface area contributed by atoms with Crippen LogP contribution in [0.3, 0.4) is 0 Å². The fourth-order valence-corrected chi connectivity index (χ4v) is 2.16. The van der Waals surface area contributed by atoms with E-state index in [0.29, 0.717) is 0 Å². The van der Waals surface area contributed by atoms with Gasteiger partial charge in [0, 0.05) is 30.4 Å². The maximum absolute atomic E-state index is 4.55. The van der Waals surface area contributed by atoms with Crippen molar-refractivity contribution in [1.82, 2.24) is 24.5 Å². The maximum atomic E-state index is 4.55. The minimum Gasteiger partial charge on any atom is -0.345 e. The van der Waals surface area contributed by atoms with Crippen LogP contribution < -0.4 is 0 Å². The van der Waals surface area contributed by atoms with Crippen LogP contribution >= 0.6 is 0 Å². The van der Waals surface area contributed by atoms with Crippen LogP contribution in [0, 0.1) is 0 Å². The Morgan fingerprint density at radius 3 is 2.79 bits per heavy atom. The van der Waals surface area contributed by atoms with Crippen molar-refractivity contribution >= 4 is 11.0 Å². The highest BCUT2D eigenvalue weighted by atomic mass is 15.1. The van der Waals surface area contributed by atoms with E-state index in [1.165, 1.54) is 0 Å². The summed E-state index contributed by atoms with van der Waals surface area (Å²) in [5, 5.41) is 0. The van der Waals surface area contributed by atoms with Crippen molar-refractivity contribution in [2.45, 2.75) is 0 Å². The van der Waals surface area contributed by atoms with E-state index in [1.54, 1.807) is 6.20 Å². The monoisotopic (exact) mass is 249 g/mol. The van der Waals surface area contributed by atoms with E-state index < -0.39 is 0 Å². The topological polar surface area (TPSA) is 62.3 Å². The number of hydrogen-bond donors (Lipinski definition) is 2. The van der Waals surface area contributed by atoms with Crippen LogP contribution in [0.4, 0.5) is 0 Å². The quantitative estimate of drug-likeness (QED) is 0.573. The Labute approximate surface area is 109 Å². The molecule has 0 radical (unpaired) electrons. The molecule has 92 valence electrons. The smallest absolute Gasteiger partial charge is 0.212 e. The molecule has 4 aromatic rings. The van der Waals surface area contributed by atoms with Crippen molar-refractivity contribution in [3.63, 3.8) is 0 Å². The molecule has 0 unspecified atom stereocenters. The summed E-state index contributed by atoms with van der Waals surface area (Å²) in [5.74, 6) is 1.68. The Balaban J connectivity index is 1.86. The molecule has 0 atom stereocenters. The molecule has 19 heavy (non-hydrogen) atoms. The minimum absolute atomic E-state index is 0.816. The van der Waals surface area contributed by atoms with Gasteiger partial charge in [0.25, 0.3) is 0 Å². The first-order valence-electron chi connectivity index (χ1n) is 6.03. The van der Waals surface area contributed by atoms with E-state index in [1.807, 2.05) is 53.5 Å². The van der Waals surface area contributed by atoms with Gasteiger partial charge in [0.2, 0.25) is 5.95 Å². The Bertz CT molecular complexity index is 777. The van der Waals surface area contributed by atoms with Gasteiger partial charge in [0.1, 0.15) is 5.82 Å². The third kappa shape index (κ3) is 1.63. The van der Waals surface area contributed by atoms with Gasteiger partial charge in [0.15, 0.2) is 0 Å². The molecule has 5 nitrogen and oxygen atoms in total. The van der Waals surface area contributed by atoms with Gasteiger partial charge in [-0.05, 0) is 30.3 Å². The number of rotatable bonds is 2. The molecule has 0 aliphatic carbocycles. The first-order valence-corrected chi connectivity index (χ1v) is 6.03. The molecule has 2 N–H and O–H groups in total. The zero-order valence-electron chi connectivity index (χ0n) is 10.0. The van der Waals surface area contributed by atoms with Crippen molar-refractivity contribution in [3.05, 3.63) is 55.1 Å². The number of imidazole rings is 2. The number of aromatic amines is 2. The van der Waals surface area contributed by atoms with E-state index in [-0.39, 0.29) is 0 Å². The zero-order chi connectivity index (χ0) is 12.7. The summed E-state index contributed by atoms with van der Waals surface area (Å²) >= 11 is 0. The number of fused-ring (bicyclic) bond motifs is 1. The zero-order valence-corrected chi connectivity index (χ0v) is 10.0. The predicted octanol–water partition coefficient (Wildman–Crippen LogP) is 2.74. The third-order valence-corrected chi connectivity index (χ3v) is 3.09. The summed E-state index contributed by atoms with van der Waals surface area (Å²) in [7, 11) is 0. The van der Waals surface area contributed by atoms with Gasteiger partial charge in [-0.15, -0.1) is 0 Å². The molecular formula is C14H11N5. The molecule has 0 saturated heterocycles. The maximum Gasteiger partial charge on any atom is 0.212 e. The van der Waals surface area contributed by atoms with Crippen molar-refractivity contribution < 1.29 is 0 Å². The van der Waals surface area contributed by atoms with Gasteiger partial charge in [-0.3, -0.25) is 4.57 Å². The number of hydrogen-bond acceptors (Lipinski definition) is 2. The Kier molecular flexibility index (Phi) is 2.05. The highest BCUT2D eigenvalue weighted by Crippen LogP contribution is 2.21. The van der Waals surface area contributed by atoms with Gasteiger partial charge in [-0.2, -0.15) is 0 Å². The Morgan fingerprint density at radius 2 is 2.00 bits per heavy atom. The van der Waals surface area contributed by atoms with E-state index in [9.17, 15) is 0 Å². The average Bonchev–Trinajstić information content (AvgIpc) is 3.18. The molecule has 0 aliphatic rings. The largest absolute Gasteiger partial charge is 0.345 e. The van der Waals surface area contributed by atoms with Gasteiger partial charge < -0.3 is 9.97 Å². The normalized spacial score (nSPS) is 11.2. The summed E-state index contributed by atoms with van der Waals surface area (Å²) in [6.45, 7) is 0. The van der Waals surface area contributed by atoms with Crippen molar-refractivity contribution in [1.29, 1.82) is 0 Å². The standard InChI is InChI=1S/C14H11N5/c1-2-8-19(7-1)14-17-11-4-3-10(9-12(11)18-14)13-15-5-6-16-13/h1-9H,(H,15,16)(H,17,18). The molecule has 0 amide bonds. The van der Waals surface area contributed by atoms with Crippen LogP contribution in [-0.4, -0.2) is 24.5 Å². The lowest BCUT2D eigenvalue weighted by Crippen LogP contribution is -1.90. The second kappa shape index (κ2) is 3.84. The lowest BCUT2D eigenvalue weighted by atomic mass is 10.2. The molecule has 0 bridgehead atoms. The number of H-pyrrole nitrogens is 2. The fraction of sp³-hybridized carbons (Fsp3) is 0. The van der Waals surface area contributed by atoms with E-state index >= 15 is 0 Å². The number of aromatic nitrogens is 5. The molecular weight excluding hydrogens is 238 g/mol. The predicted molar refractivity (Wildman–Crippen MR) is 73.0 cm³/mol. The highest BCUT2D eigenvalue weighted by molar-refractivity contribution is 5.81. The lowest BCUT2D eigenvalue weighted by Gasteiger charge is -1.96. The molecule has 0 spiro atoms. The van der Waals surface area contributed by atoms with Crippen LogP contribution in [-0.2, 0) is 0 Å². The number of nitrogens with one attached hydrogen (secondary N) is 2. The molecule has 3 aromatic heterocycles. The van der Waals surface area contributed by atoms with Crippen molar-refractivity contribution in [2.24, 2.45) is 0 Å². The number of nitrogens with zero attached hydrogens (tertiary/aromatic N) is 3. The second-order valence-corrected chi connectivity index (χ2v) is 4.32. The van der Waals surface area contributed by atoms with E-state index in [4.69, 9.17) is 0 Å². The molecule has 0 fully saturated rings. The van der Waals surface area contributed by atoms with Crippen molar-refractivity contribution in [3.8, 4) is 17.3 Å². The van der Waals surface area contributed by atoms with E-state index in [2.05, 4.69) is 19.9 Å². The third-order valence-electron chi connectivity index (χ3n) is 3.09. The SMILES string of the molecule is c1ccn(-c2nc3ccc(-c4ncc[nH]4)cc3[nH]2)c1. The molecule has 0 aliphatic heterocycles. The van der Waals surface area contributed by atoms with E-state index in [0.717, 1.165) is 28.4 Å². The average molecular weight is 249 g/mol. The summed E-state index contributed by atoms with van der Waals surface area (Å²) in [6, 6.07) is 10.0. The number of benzene rings is 1.